The Labute approximate surface area is 193 Å². The fourth-order valence-corrected chi connectivity index (χ4v) is 4.95. The number of hydrogen-bond acceptors (Lipinski definition) is 3. The quantitative estimate of drug-likeness (QED) is 0.572. The number of rotatable bonds is 8. The van der Waals surface area contributed by atoms with Crippen LogP contribution in [-0.4, -0.2) is 45.7 Å². The highest BCUT2D eigenvalue weighted by molar-refractivity contribution is 6.30. The molecule has 2 unspecified atom stereocenters. The molecular weight excluding hydrogens is 426 g/mol. The topological polar surface area (TPSA) is 77.8 Å². The second-order valence-corrected chi connectivity index (χ2v) is 9.23. The van der Waals surface area contributed by atoms with Gasteiger partial charge >= 0.3 is 5.97 Å². The molecule has 1 aliphatic heterocycles. The molecule has 168 valence electrons. The summed E-state index contributed by atoms with van der Waals surface area (Å²) in [6, 6.07) is 14.5. The zero-order valence-corrected chi connectivity index (χ0v) is 18.7. The number of carboxylic acid groups (broad SMARTS) is 1. The number of hydrogen-bond donors (Lipinski definition) is 2. The van der Waals surface area contributed by atoms with E-state index in [0.717, 1.165) is 36.8 Å². The molecule has 2 atom stereocenters. The highest BCUT2D eigenvalue weighted by Crippen LogP contribution is 2.47. The Morgan fingerprint density at radius 2 is 1.84 bits per heavy atom. The Morgan fingerprint density at radius 1 is 1.16 bits per heavy atom. The van der Waals surface area contributed by atoms with Gasteiger partial charge in [0, 0.05) is 23.4 Å². The molecule has 0 radical (unpaired) electrons. The second kappa shape index (κ2) is 9.47. The minimum Gasteiger partial charge on any atom is -0.478 e. The molecular formula is C26H28ClNO4. The standard InChI is InChI=1S/C26H28ClNO4/c27-21-8-6-20(7-9-21)26(15-1-16-26)23(29)12-10-22-11-13-24(30)28(22)17-14-18-2-4-19(5-3-18)25(31)32/h2-10,12,22-23,29H,1,11,13-17H2,(H,31,32). The summed E-state index contributed by atoms with van der Waals surface area (Å²) in [6.07, 6.45) is 8.10. The fourth-order valence-electron chi connectivity index (χ4n) is 4.82. The van der Waals surface area contributed by atoms with Crippen molar-refractivity contribution >= 4 is 23.5 Å². The summed E-state index contributed by atoms with van der Waals surface area (Å²) in [5.74, 6) is -0.829. The van der Waals surface area contributed by atoms with Crippen LogP contribution in [0.3, 0.4) is 0 Å². The van der Waals surface area contributed by atoms with Crippen LogP contribution in [-0.2, 0) is 16.6 Å². The molecule has 4 rings (SSSR count). The van der Waals surface area contributed by atoms with Gasteiger partial charge in [0.15, 0.2) is 0 Å². The van der Waals surface area contributed by atoms with Gasteiger partial charge in [-0.05, 0) is 61.1 Å². The van der Waals surface area contributed by atoms with E-state index in [2.05, 4.69) is 0 Å². The molecule has 1 amide bonds. The molecule has 1 aliphatic carbocycles. The summed E-state index contributed by atoms with van der Waals surface area (Å²) in [7, 11) is 0. The molecule has 2 aromatic rings. The van der Waals surface area contributed by atoms with Crippen molar-refractivity contribution in [1.82, 2.24) is 4.90 Å². The molecule has 6 heteroatoms. The van der Waals surface area contributed by atoms with Gasteiger partial charge in [-0.15, -0.1) is 0 Å². The van der Waals surface area contributed by atoms with Gasteiger partial charge in [0.2, 0.25) is 5.91 Å². The lowest BCUT2D eigenvalue weighted by molar-refractivity contribution is -0.128. The predicted molar refractivity (Wildman–Crippen MR) is 124 cm³/mol. The van der Waals surface area contributed by atoms with Crippen LogP contribution in [0.5, 0.6) is 0 Å². The summed E-state index contributed by atoms with van der Waals surface area (Å²) in [6.45, 7) is 0.568. The van der Waals surface area contributed by atoms with Crippen LogP contribution in [0.4, 0.5) is 0 Å². The van der Waals surface area contributed by atoms with Crippen LogP contribution in [0.15, 0.2) is 60.7 Å². The number of aliphatic hydroxyl groups excluding tert-OH is 1. The maximum Gasteiger partial charge on any atom is 0.335 e. The van der Waals surface area contributed by atoms with Gasteiger partial charge in [-0.3, -0.25) is 4.79 Å². The normalized spacial score (nSPS) is 21.0. The number of aromatic carboxylic acids is 1. The largest absolute Gasteiger partial charge is 0.478 e. The molecule has 2 aromatic carbocycles. The molecule has 1 saturated heterocycles. The third kappa shape index (κ3) is 4.59. The Kier molecular flexibility index (Phi) is 6.68. The van der Waals surface area contributed by atoms with Gasteiger partial charge in [0.05, 0.1) is 17.7 Å². The number of nitrogens with zero attached hydrogens (tertiary/aromatic N) is 1. The van der Waals surface area contributed by atoms with E-state index in [0.29, 0.717) is 24.4 Å². The van der Waals surface area contributed by atoms with Crippen LogP contribution in [0.25, 0.3) is 0 Å². The number of aliphatic hydroxyl groups is 1. The first kappa shape index (κ1) is 22.6. The van der Waals surface area contributed by atoms with Gasteiger partial charge in [0.25, 0.3) is 0 Å². The number of carbonyl (C=O) groups excluding carboxylic acids is 1. The average Bonchev–Trinajstić information content (AvgIpc) is 3.11. The van der Waals surface area contributed by atoms with E-state index in [9.17, 15) is 14.7 Å². The number of benzene rings is 2. The monoisotopic (exact) mass is 453 g/mol. The number of halogens is 1. The highest BCUT2D eigenvalue weighted by Gasteiger charge is 2.44. The third-order valence-electron chi connectivity index (χ3n) is 6.96. The van der Waals surface area contributed by atoms with Crippen LogP contribution >= 0.6 is 11.6 Å². The summed E-state index contributed by atoms with van der Waals surface area (Å²) in [5, 5.41) is 20.8. The first-order valence-electron chi connectivity index (χ1n) is 11.1. The van der Waals surface area contributed by atoms with Crippen molar-refractivity contribution in [2.24, 2.45) is 0 Å². The Bertz CT molecular complexity index is 995. The van der Waals surface area contributed by atoms with E-state index < -0.39 is 12.1 Å². The van der Waals surface area contributed by atoms with E-state index in [1.807, 2.05) is 41.3 Å². The zero-order valence-electron chi connectivity index (χ0n) is 17.9. The molecule has 2 aliphatic rings. The molecule has 5 nitrogen and oxygen atoms in total. The van der Waals surface area contributed by atoms with Crippen LogP contribution in [0.1, 0.15) is 53.6 Å². The number of carboxylic acids is 1. The lowest BCUT2D eigenvalue weighted by atomic mass is 9.61. The van der Waals surface area contributed by atoms with Crippen LogP contribution in [0.2, 0.25) is 5.02 Å². The van der Waals surface area contributed by atoms with Gasteiger partial charge in [-0.2, -0.15) is 0 Å². The van der Waals surface area contributed by atoms with Gasteiger partial charge in [0.1, 0.15) is 0 Å². The van der Waals surface area contributed by atoms with Crippen molar-refractivity contribution in [3.8, 4) is 0 Å². The van der Waals surface area contributed by atoms with Crippen molar-refractivity contribution in [2.75, 3.05) is 6.54 Å². The highest BCUT2D eigenvalue weighted by atomic mass is 35.5. The number of amides is 1. The van der Waals surface area contributed by atoms with Crippen molar-refractivity contribution in [1.29, 1.82) is 0 Å². The van der Waals surface area contributed by atoms with Crippen molar-refractivity contribution < 1.29 is 19.8 Å². The minimum atomic E-state index is -0.946. The van der Waals surface area contributed by atoms with Crippen LogP contribution < -0.4 is 0 Å². The molecule has 0 spiro atoms. The van der Waals surface area contributed by atoms with Gasteiger partial charge < -0.3 is 15.1 Å². The third-order valence-corrected chi connectivity index (χ3v) is 7.22. The Hall–Kier alpha value is -2.63. The molecule has 1 saturated carbocycles. The first-order chi connectivity index (χ1) is 15.4. The SMILES string of the molecule is O=C(O)c1ccc(CCN2C(=O)CCC2C=CC(O)C2(c3ccc(Cl)cc3)CCC2)cc1. The maximum atomic E-state index is 12.5. The van der Waals surface area contributed by atoms with Crippen molar-refractivity contribution in [3.63, 3.8) is 0 Å². The van der Waals surface area contributed by atoms with E-state index in [4.69, 9.17) is 16.7 Å². The molecule has 2 N–H and O–H groups in total. The molecule has 0 bridgehead atoms. The van der Waals surface area contributed by atoms with Crippen molar-refractivity contribution in [3.05, 3.63) is 82.4 Å². The van der Waals surface area contributed by atoms with Gasteiger partial charge in [-0.25, -0.2) is 4.79 Å². The smallest absolute Gasteiger partial charge is 0.335 e. The van der Waals surface area contributed by atoms with Gasteiger partial charge in [-0.1, -0.05) is 54.4 Å². The zero-order chi connectivity index (χ0) is 22.7. The Morgan fingerprint density at radius 3 is 2.44 bits per heavy atom. The summed E-state index contributed by atoms with van der Waals surface area (Å²) >= 11 is 6.03. The van der Waals surface area contributed by atoms with E-state index in [1.165, 1.54) is 0 Å². The lowest BCUT2D eigenvalue weighted by Crippen LogP contribution is -2.44. The maximum absolute atomic E-state index is 12.5. The molecule has 32 heavy (non-hydrogen) atoms. The molecule has 2 fully saturated rings. The van der Waals surface area contributed by atoms with Crippen LogP contribution in [0, 0.1) is 0 Å². The molecule has 1 heterocycles. The summed E-state index contributed by atoms with van der Waals surface area (Å²) in [5.41, 5.74) is 2.08. The fraction of sp³-hybridized carbons (Fsp3) is 0.385. The first-order valence-corrected chi connectivity index (χ1v) is 11.5. The minimum absolute atomic E-state index is 0.0298. The molecule has 0 aromatic heterocycles. The summed E-state index contributed by atoms with van der Waals surface area (Å²) < 4.78 is 0. The van der Waals surface area contributed by atoms with E-state index in [-0.39, 0.29) is 22.9 Å². The van der Waals surface area contributed by atoms with E-state index >= 15 is 0 Å². The second-order valence-electron chi connectivity index (χ2n) is 8.79. The Balaban J connectivity index is 1.41. The van der Waals surface area contributed by atoms with E-state index in [1.54, 1.807) is 24.3 Å². The van der Waals surface area contributed by atoms with Crippen molar-refractivity contribution in [2.45, 2.75) is 56.1 Å². The number of likely N-dealkylation sites (tertiary alicyclic amines) is 1. The number of carbonyl (C=O) groups is 2. The predicted octanol–water partition coefficient (Wildman–Crippen LogP) is 4.61. The average molecular weight is 454 g/mol. The summed E-state index contributed by atoms with van der Waals surface area (Å²) in [4.78, 5) is 25.3. The lowest BCUT2D eigenvalue weighted by Gasteiger charge is -2.45.